The van der Waals surface area contributed by atoms with Crippen molar-refractivity contribution in [1.29, 1.82) is 0 Å². The number of halogens is 1. The number of fused-ring (bicyclic) bond motifs is 1. The van der Waals surface area contributed by atoms with Crippen molar-refractivity contribution in [3.8, 4) is 0 Å². The Balaban J connectivity index is 2.51. The van der Waals surface area contributed by atoms with Crippen molar-refractivity contribution < 1.29 is 0 Å². The molecule has 0 aliphatic rings. The van der Waals surface area contributed by atoms with Crippen molar-refractivity contribution in [3.63, 3.8) is 0 Å². The van der Waals surface area contributed by atoms with Gasteiger partial charge in [0.15, 0.2) is 0 Å². The fourth-order valence-electron chi connectivity index (χ4n) is 2.10. The summed E-state index contributed by atoms with van der Waals surface area (Å²) >= 11 is 7.39. The lowest BCUT2D eigenvalue weighted by Gasteiger charge is -2.11. The number of rotatable bonds is 6. The molecule has 0 atom stereocenters. The highest BCUT2D eigenvalue weighted by molar-refractivity contribution is 7.22. The molecule has 104 valence electrons. The molecule has 3 nitrogen and oxygen atoms in total. The van der Waals surface area contributed by atoms with E-state index in [0.29, 0.717) is 9.72 Å². The van der Waals surface area contributed by atoms with Gasteiger partial charge in [-0.25, -0.2) is 4.98 Å². The van der Waals surface area contributed by atoms with Gasteiger partial charge >= 0.3 is 0 Å². The highest BCUT2D eigenvalue weighted by Gasteiger charge is 2.13. The maximum Gasteiger partial charge on any atom is 0.262 e. The number of hydrogen-bond acceptors (Lipinski definition) is 3. The highest BCUT2D eigenvalue weighted by Crippen LogP contribution is 2.26. The number of aromatic nitrogens is 2. The molecule has 5 heteroatoms. The van der Waals surface area contributed by atoms with Crippen molar-refractivity contribution in [3.05, 3.63) is 26.6 Å². The van der Waals surface area contributed by atoms with Crippen LogP contribution in [0.3, 0.4) is 0 Å². The molecular weight excluding hydrogens is 280 g/mol. The third-order valence-corrected chi connectivity index (χ3v) is 4.35. The van der Waals surface area contributed by atoms with Crippen molar-refractivity contribution >= 4 is 33.2 Å². The molecular formula is C14H19ClN2OS. The summed E-state index contributed by atoms with van der Waals surface area (Å²) in [5.74, 6) is 0.909. The number of unbranched alkanes of at least 4 members (excludes halogenated alkanes) is 2. The number of nitrogens with zero attached hydrogens (tertiary/aromatic N) is 2. The molecule has 0 saturated heterocycles. The first kappa shape index (κ1) is 14.5. The van der Waals surface area contributed by atoms with E-state index in [1.807, 2.05) is 4.57 Å². The first-order valence-electron chi connectivity index (χ1n) is 6.86. The van der Waals surface area contributed by atoms with Gasteiger partial charge < -0.3 is 0 Å². The van der Waals surface area contributed by atoms with Crippen molar-refractivity contribution in [2.24, 2.45) is 0 Å². The molecule has 19 heavy (non-hydrogen) atoms. The molecule has 0 aromatic carbocycles. The van der Waals surface area contributed by atoms with Crippen LogP contribution in [0.1, 0.15) is 45.4 Å². The highest BCUT2D eigenvalue weighted by atomic mass is 35.5. The van der Waals surface area contributed by atoms with E-state index in [2.05, 4.69) is 18.8 Å². The van der Waals surface area contributed by atoms with Gasteiger partial charge in [0.05, 0.1) is 9.72 Å². The molecule has 0 N–H and O–H groups in total. The quantitative estimate of drug-likeness (QED) is 0.799. The minimum absolute atomic E-state index is 0.0627. The van der Waals surface area contributed by atoms with Crippen LogP contribution in [0, 0.1) is 0 Å². The Hall–Kier alpha value is -0.870. The van der Waals surface area contributed by atoms with Crippen LogP contribution in [0.4, 0.5) is 0 Å². The lowest BCUT2D eigenvalue weighted by Crippen LogP contribution is -2.25. The molecule has 2 rings (SSSR count). The van der Waals surface area contributed by atoms with Crippen LogP contribution in [0.5, 0.6) is 0 Å². The third kappa shape index (κ3) is 3.18. The Morgan fingerprint density at radius 3 is 2.74 bits per heavy atom. The molecule has 0 aliphatic carbocycles. The molecule has 2 aromatic rings. The van der Waals surface area contributed by atoms with Crippen molar-refractivity contribution in [2.45, 2.75) is 52.5 Å². The predicted molar refractivity (Wildman–Crippen MR) is 82.4 cm³/mol. The second kappa shape index (κ2) is 6.53. The van der Waals surface area contributed by atoms with Gasteiger partial charge in [0.2, 0.25) is 0 Å². The molecule has 0 saturated carbocycles. The minimum Gasteiger partial charge on any atom is -0.296 e. The lowest BCUT2D eigenvalue weighted by atomic mass is 10.2. The fraction of sp³-hybridized carbons (Fsp3) is 0.571. The Bertz CT molecular complexity index is 618. The van der Waals surface area contributed by atoms with Crippen LogP contribution in [0.15, 0.2) is 10.9 Å². The molecule has 0 spiro atoms. The van der Waals surface area contributed by atoms with Crippen LogP contribution in [-0.2, 0) is 13.0 Å². The Labute approximate surface area is 122 Å². The van der Waals surface area contributed by atoms with Gasteiger partial charge in [0.25, 0.3) is 5.56 Å². The summed E-state index contributed by atoms with van der Waals surface area (Å²) in [6.45, 7) is 5.03. The second-order valence-electron chi connectivity index (χ2n) is 4.71. The van der Waals surface area contributed by atoms with Crippen molar-refractivity contribution in [2.75, 3.05) is 0 Å². The monoisotopic (exact) mass is 298 g/mol. The first-order valence-corrected chi connectivity index (χ1v) is 8.05. The fourth-order valence-corrected chi connectivity index (χ4v) is 3.20. The molecule has 0 unspecified atom stereocenters. The maximum absolute atomic E-state index is 12.5. The molecule has 0 aliphatic heterocycles. The summed E-state index contributed by atoms with van der Waals surface area (Å²) in [6.07, 6.45) is 5.10. The summed E-state index contributed by atoms with van der Waals surface area (Å²) in [5.41, 5.74) is 0.0627. The average molecular weight is 299 g/mol. The van der Waals surface area contributed by atoms with E-state index >= 15 is 0 Å². The molecule has 0 amide bonds. The van der Waals surface area contributed by atoms with E-state index < -0.39 is 0 Å². The summed E-state index contributed by atoms with van der Waals surface area (Å²) in [5, 5.41) is 0.659. The molecule has 0 bridgehead atoms. The summed E-state index contributed by atoms with van der Waals surface area (Å²) < 4.78 is 2.47. The van der Waals surface area contributed by atoms with E-state index in [0.717, 1.165) is 49.3 Å². The van der Waals surface area contributed by atoms with Crippen LogP contribution >= 0.6 is 22.9 Å². The van der Waals surface area contributed by atoms with Crippen molar-refractivity contribution in [1.82, 2.24) is 9.55 Å². The predicted octanol–water partition coefficient (Wildman–Crippen LogP) is 4.25. The van der Waals surface area contributed by atoms with Crippen LogP contribution in [0.25, 0.3) is 10.2 Å². The first-order chi connectivity index (χ1) is 9.17. The summed E-state index contributed by atoms with van der Waals surface area (Å²) in [6, 6.07) is 1.74. The van der Waals surface area contributed by atoms with Gasteiger partial charge in [0, 0.05) is 13.0 Å². The van der Waals surface area contributed by atoms with Crippen LogP contribution < -0.4 is 5.56 Å². The normalized spacial score (nSPS) is 11.3. The second-order valence-corrected chi connectivity index (χ2v) is 6.37. The third-order valence-electron chi connectivity index (χ3n) is 3.19. The zero-order valence-electron chi connectivity index (χ0n) is 11.4. The number of thiophene rings is 1. The van der Waals surface area contributed by atoms with Gasteiger partial charge in [0.1, 0.15) is 10.7 Å². The standard InChI is InChI=1S/C14H19ClN2OS/c1-3-5-7-12-16-13-10(9-11(15)19-13)14(18)17(12)8-6-4-2/h9H,3-8H2,1-2H3. The largest absolute Gasteiger partial charge is 0.296 e. The minimum atomic E-state index is 0.0627. The lowest BCUT2D eigenvalue weighted by molar-refractivity contribution is 0.567. The van der Waals surface area contributed by atoms with Gasteiger partial charge in [-0.1, -0.05) is 38.3 Å². The molecule has 0 fully saturated rings. The van der Waals surface area contributed by atoms with E-state index in [-0.39, 0.29) is 5.56 Å². The Morgan fingerprint density at radius 2 is 2.05 bits per heavy atom. The van der Waals surface area contributed by atoms with Gasteiger partial charge in [-0.05, 0) is 18.9 Å². The smallest absolute Gasteiger partial charge is 0.262 e. The van der Waals surface area contributed by atoms with Crippen LogP contribution in [-0.4, -0.2) is 9.55 Å². The van der Waals surface area contributed by atoms with E-state index in [4.69, 9.17) is 11.6 Å². The summed E-state index contributed by atoms with van der Waals surface area (Å²) in [7, 11) is 0. The van der Waals surface area contributed by atoms with E-state index in [9.17, 15) is 4.79 Å². The number of aryl methyl sites for hydroxylation is 1. The molecule has 2 aromatic heterocycles. The zero-order valence-corrected chi connectivity index (χ0v) is 13.0. The SMILES string of the molecule is CCCCc1nc2sc(Cl)cc2c(=O)n1CCCC. The van der Waals surface area contributed by atoms with E-state index in [1.165, 1.54) is 11.3 Å². The van der Waals surface area contributed by atoms with Crippen LogP contribution in [0.2, 0.25) is 4.34 Å². The maximum atomic E-state index is 12.5. The molecule has 0 radical (unpaired) electrons. The molecule has 2 heterocycles. The van der Waals surface area contributed by atoms with Gasteiger partial charge in [-0.15, -0.1) is 11.3 Å². The van der Waals surface area contributed by atoms with E-state index in [1.54, 1.807) is 6.07 Å². The Morgan fingerprint density at radius 1 is 1.32 bits per heavy atom. The number of hydrogen-bond donors (Lipinski definition) is 0. The average Bonchev–Trinajstić information content (AvgIpc) is 2.76. The summed E-state index contributed by atoms with van der Waals surface area (Å²) in [4.78, 5) is 17.9. The zero-order chi connectivity index (χ0) is 13.8. The van der Waals surface area contributed by atoms with Gasteiger partial charge in [-0.2, -0.15) is 0 Å². The van der Waals surface area contributed by atoms with Gasteiger partial charge in [-0.3, -0.25) is 9.36 Å². The Kier molecular flexibility index (Phi) is 4.99. The topological polar surface area (TPSA) is 34.9 Å².